The molecule has 0 bridgehead atoms. The Kier molecular flexibility index (Phi) is 4.91. The second-order valence-corrected chi connectivity index (χ2v) is 5.33. The highest BCUT2D eigenvalue weighted by atomic mass is 14.5. The van der Waals surface area contributed by atoms with Crippen molar-refractivity contribution in [2.24, 2.45) is 23.2 Å². The summed E-state index contributed by atoms with van der Waals surface area (Å²) in [6.07, 6.45) is 1.24. The molecule has 0 N–H and O–H groups in total. The lowest BCUT2D eigenvalue weighted by Gasteiger charge is -2.47. The van der Waals surface area contributed by atoms with E-state index in [0.29, 0.717) is 17.3 Å². The molecule has 0 saturated heterocycles. The van der Waals surface area contributed by atoms with Crippen LogP contribution in [-0.4, -0.2) is 0 Å². The van der Waals surface area contributed by atoms with E-state index in [0.717, 1.165) is 5.92 Å². The van der Waals surface area contributed by atoms with Crippen molar-refractivity contribution in [1.82, 2.24) is 0 Å². The summed E-state index contributed by atoms with van der Waals surface area (Å²) in [5.74, 6) is 2.07. The normalized spacial score (nSPS) is 14.9. The summed E-state index contributed by atoms with van der Waals surface area (Å²) in [5, 5.41) is 0. The van der Waals surface area contributed by atoms with Crippen LogP contribution in [0.3, 0.4) is 0 Å². The van der Waals surface area contributed by atoms with Gasteiger partial charge in [-0.25, -0.2) is 0 Å². The van der Waals surface area contributed by atoms with Gasteiger partial charge in [-0.1, -0.05) is 60.1 Å². The SMILES string of the molecule is C=C(C)C(C(C)C)(C(C)C)C(C)CC. The summed E-state index contributed by atoms with van der Waals surface area (Å²) >= 11 is 0. The van der Waals surface area contributed by atoms with E-state index >= 15 is 0 Å². The van der Waals surface area contributed by atoms with Gasteiger partial charge >= 0.3 is 0 Å². The lowest BCUT2D eigenvalue weighted by atomic mass is 9.57. The van der Waals surface area contributed by atoms with E-state index in [9.17, 15) is 0 Å². The standard InChI is InChI=1S/C14H28/c1-9-13(8)14(10(2)3,11(4)5)12(6)7/h11-13H,2,9H2,1,3-8H3. The molecule has 14 heavy (non-hydrogen) atoms. The van der Waals surface area contributed by atoms with Gasteiger partial charge in [-0.05, 0) is 30.1 Å². The average Bonchev–Trinajstić information content (AvgIpc) is 2.02. The van der Waals surface area contributed by atoms with Crippen LogP contribution in [0, 0.1) is 23.2 Å². The topological polar surface area (TPSA) is 0 Å². The minimum Gasteiger partial charge on any atom is -0.0995 e. The first-order chi connectivity index (χ1) is 6.31. The molecule has 0 aliphatic rings. The van der Waals surface area contributed by atoms with Crippen LogP contribution >= 0.6 is 0 Å². The molecule has 1 unspecified atom stereocenters. The quantitative estimate of drug-likeness (QED) is 0.548. The maximum absolute atomic E-state index is 4.24. The second-order valence-electron chi connectivity index (χ2n) is 5.33. The van der Waals surface area contributed by atoms with Crippen molar-refractivity contribution in [2.75, 3.05) is 0 Å². The summed E-state index contributed by atoms with van der Waals surface area (Å²) in [6, 6.07) is 0. The molecule has 0 heterocycles. The predicted molar refractivity (Wildman–Crippen MR) is 66.4 cm³/mol. The summed E-state index contributed by atoms with van der Waals surface area (Å²) in [4.78, 5) is 0. The lowest BCUT2D eigenvalue weighted by molar-refractivity contribution is 0.0824. The Balaban J connectivity index is 5.27. The van der Waals surface area contributed by atoms with Crippen molar-refractivity contribution < 1.29 is 0 Å². The molecule has 0 fully saturated rings. The maximum Gasteiger partial charge on any atom is -0.00221 e. The van der Waals surface area contributed by atoms with Gasteiger partial charge in [0.05, 0.1) is 0 Å². The number of hydrogen-bond donors (Lipinski definition) is 0. The molecule has 0 rings (SSSR count). The Bertz CT molecular complexity index is 178. The Labute approximate surface area is 90.8 Å². The number of hydrogen-bond acceptors (Lipinski definition) is 0. The van der Waals surface area contributed by atoms with E-state index in [1.54, 1.807) is 0 Å². The zero-order chi connectivity index (χ0) is 11.5. The Morgan fingerprint density at radius 2 is 1.43 bits per heavy atom. The van der Waals surface area contributed by atoms with Gasteiger partial charge in [0.2, 0.25) is 0 Å². The molecule has 0 heteroatoms. The predicted octanol–water partition coefficient (Wildman–Crippen LogP) is 4.91. The molecule has 84 valence electrons. The van der Waals surface area contributed by atoms with E-state index in [4.69, 9.17) is 0 Å². The monoisotopic (exact) mass is 196 g/mol. The van der Waals surface area contributed by atoms with Gasteiger partial charge in [-0.2, -0.15) is 0 Å². The molecule has 0 aliphatic heterocycles. The van der Waals surface area contributed by atoms with Crippen molar-refractivity contribution in [3.8, 4) is 0 Å². The fourth-order valence-electron chi connectivity index (χ4n) is 3.55. The molecule has 0 radical (unpaired) electrons. The van der Waals surface area contributed by atoms with Gasteiger partial charge in [0.25, 0.3) is 0 Å². The highest BCUT2D eigenvalue weighted by Crippen LogP contribution is 2.49. The maximum atomic E-state index is 4.24. The van der Waals surface area contributed by atoms with E-state index in [1.165, 1.54) is 12.0 Å². The van der Waals surface area contributed by atoms with Gasteiger partial charge in [-0.3, -0.25) is 0 Å². The molecule has 0 aromatic carbocycles. The first-order valence-corrected chi connectivity index (χ1v) is 5.97. The third-order valence-electron chi connectivity index (χ3n) is 4.08. The summed E-state index contributed by atoms with van der Waals surface area (Å²) in [6.45, 7) is 20.4. The van der Waals surface area contributed by atoms with Crippen LogP contribution in [0.15, 0.2) is 12.2 Å². The second kappa shape index (κ2) is 5.00. The average molecular weight is 196 g/mol. The highest BCUT2D eigenvalue weighted by Gasteiger charge is 2.41. The minimum absolute atomic E-state index is 0.314. The fourth-order valence-corrected chi connectivity index (χ4v) is 3.55. The van der Waals surface area contributed by atoms with E-state index in [1.807, 2.05) is 0 Å². The zero-order valence-electron chi connectivity index (χ0n) is 11.1. The van der Waals surface area contributed by atoms with Crippen LogP contribution in [0.2, 0.25) is 0 Å². The van der Waals surface area contributed by atoms with Crippen LogP contribution in [-0.2, 0) is 0 Å². The van der Waals surface area contributed by atoms with Crippen molar-refractivity contribution in [3.63, 3.8) is 0 Å². The van der Waals surface area contributed by atoms with Crippen LogP contribution in [0.4, 0.5) is 0 Å². The van der Waals surface area contributed by atoms with Gasteiger partial charge in [0.15, 0.2) is 0 Å². The molecule has 0 spiro atoms. The van der Waals surface area contributed by atoms with Crippen molar-refractivity contribution in [1.29, 1.82) is 0 Å². The van der Waals surface area contributed by atoms with Crippen molar-refractivity contribution >= 4 is 0 Å². The van der Waals surface area contributed by atoms with Gasteiger partial charge in [0, 0.05) is 0 Å². The molecule has 1 atom stereocenters. The van der Waals surface area contributed by atoms with E-state index in [-0.39, 0.29) is 0 Å². The van der Waals surface area contributed by atoms with Gasteiger partial charge in [0.1, 0.15) is 0 Å². The van der Waals surface area contributed by atoms with Gasteiger partial charge in [-0.15, -0.1) is 0 Å². The Morgan fingerprint density at radius 3 is 1.50 bits per heavy atom. The molecular formula is C14H28. The fraction of sp³-hybridized carbons (Fsp3) is 0.857. The third-order valence-corrected chi connectivity index (χ3v) is 4.08. The summed E-state index contributed by atoms with van der Waals surface area (Å²) in [5.41, 5.74) is 1.67. The largest absolute Gasteiger partial charge is 0.0995 e. The van der Waals surface area contributed by atoms with Crippen molar-refractivity contribution in [2.45, 2.75) is 54.9 Å². The van der Waals surface area contributed by atoms with Crippen LogP contribution in [0.1, 0.15) is 54.9 Å². The molecular weight excluding hydrogens is 168 g/mol. The van der Waals surface area contributed by atoms with Crippen molar-refractivity contribution in [3.05, 3.63) is 12.2 Å². The van der Waals surface area contributed by atoms with E-state index < -0.39 is 0 Å². The highest BCUT2D eigenvalue weighted by molar-refractivity contribution is 5.12. The Hall–Kier alpha value is -0.260. The van der Waals surface area contributed by atoms with Crippen LogP contribution < -0.4 is 0 Å². The Morgan fingerprint density at radius 1 is 1.07 bits per heavy atom. The van der Waals surface area contributed by atoms with Gasteiger partial charge < -0.3 is 0 Å². The lowest BCUT2D eigenvalue weighted by Crippen LogP contribution is -2.40. The molecule has 0 saturated carbocycles. The summed E-state index contributed by atoms with van der Waals surface area (Å²) in [7, 11) is 0. The van der Waals surface area contributed by atoms with Crippen LogP contribution in [0.25, 0.3) is 0 Å². The first-order valence-electron chi connectivity index (χ1n) is 5.97. The van der Waals surface area contributed by atoms with E-state index in [2.05, 4.69) is 55.0 Å². The molecule has 0 nitrogen and oxygen atoms in total. The molecule has 0 aliphatic carbocycles. The summed E-state index contributed by atoms with van der Waals surface area (Å²) < 4.78 is 0. The zero-order valence-corrected chi connectivity index (χ0v) is 11.1. The number of allylic oxidation sites excluding steroid dienone is 1. The smallest absolute Gasteiger partial charge is 0.00221 e. The third kappa shape index (κ3) is 2.04. The molecule has 0 aromatic rings. The first kappa shape index (κ1) is 13.7. The molecule has 0 amide bonds. The van der Waals surface area contributed by atoms with Crippen LogP contribution in [0.5, 0.6) is 0 Å². The molecule has 0 aromatic heterocycles. The number of rotatable bonds is 5. The minimum atomic E-state index is 0.314.